The highest BCUT2D eigenvalue weighted by molar-refractivity contribution is 7.99. The quantitative estimate of drug-likeness (QED) is 0.344. The van der Waals surface area contributed by atoms with Gasteiger partial charge in [-0.3, -0.25) is 14.2 Å². The fourth-order valence-electron chi connectivity index (χ4n) is 3.25. The fraction of sp³-hybridized carbons (Fsp3) is 0.174. The van der Waals surface area contributed by atoms with Gasteiger partial charge in [0.25, 0.3) is 5.56 Å². The lowest BCUT2D eigenvalue weighted by atomic mass is 10.1. The summed E-state index contributed by atoms with van der Waals surface area (Å²) < 4.78 is 6.67. The maximum atomic E-state index is 12.8. The molecule has 2 heterocycles. The number of aromatic nitrogens is 3. The Morgan fingerprint density at radius 3 is 2.77 bits per heavy atom. The molecule has 4 aromatic rings. The van der Waals surface area contributed by atoms with Crippen molar-refractivity contribution in [3.8, 4) is 16.9 Å². The number of hydrogen-bond acceptors (Lipinski definition) is 5. The van der Waals surface area contributed by atoms with Gasteiger partial charge in [0.15, 0.2) is 5.16 Å². The molecule has 158 valence electrons. The van der Waals surface area contributed by atoms with Crippen LogP contribution in [-0.4, -0.2) is 33.3 Å². The van der Waals surface area contributed by atoms with Gasteiger partial charge in [0.2, 0.25) is 5.91 Å². The van der Waals surface area contributed by atoms with Crippen LogP contribution in [0.4, 0.5) is 0 Å². The first-order valence-corrected chi connectivity index (χ1v) is 10.7. The molecule has 0 bridgehead atoms. The van der Waals surface area contributed by atoms with Gasteiger partial charge in [-0.05, 0) is 23.3 Å². The van der Waals surface area contributed by atoms with Crippen LogP contribution in [0.25, 0.3) is 22.2 Å². The third-order valence-corrected chi connectivity index (χ3v) is 5.94. The highest BCUT2D eigenvalue weighted by atomic mass is 32.2. The molecule has 31 heavy (non-hydrogen) atoms. The summed E-state index contributed by atoms with van der Waals surface area (Å²) in [5.41, 5.74) is 3.66. The van der Waals surface area contributed by atoms with E-state index in [1.54, 1.807) is 20.4 Å². The summed E-state index contributed by atoms with van der Waals surface area (Å²) in [5, 5.41) is 3.38. The van der Waals surface area contributed by atoms with E-state index < -0.39 is 0 Å². The Balaban J connectivity index is 1.49. The molecule has 4 rings (SSSR count). The first-order valence-electron chi connectivity index (χ1n) is 9.73. The summed E-state index contributed by atoms with van der Waals surface area (Å²) in [6.45, 7) is 0.401. The number of thioether (sulfide) groups is 1. The molecule has 0 aliphatic rings. The van der Waals surface area contributed by atoms with Crippen molar-refractivity contribution in [2.75, 3.05) is 12.9 Å². The molecule has 0 radical (unpaired) electrons. The number of nitrogens with one attached hydrogen (secondary N) is 2. The number of H-pyrrole nitrogens is 1. The molecule has 8 heteroatoms. The number of hydrogen-bond donors (Lipinski definition) is 2. The number of fused-ring (bicyclic) bond motifs is 1. The van der Waals surface area contributed by atoms with Gasteiger partial charge in [-0.25, -0.2) is 4.98 Å². The first-order chi connectivity index (χ1) is 15.1. The molecule has 0 unspecified atom stereocenters. The second-order valence-electron chi connectivity index (χ2n) is 6.97. The number of nitrogens with zero attached hydrogens (tertiary/aromatic N) is 2. The monoisotopic (exact) mass is 434 g/mol. The predicted molar refractivity (Wildman–Crippen MR) is 122 cm³/mol. The maximum absolute atomic E-state index is 12.8. The second kappa shape index (κ2) is 9.09. The van der Waals surface area contributed by atoms with Crippen molar-refractivity contribution < 1.29 is 9.53 Å². The second-order valence-corrected chi connectivity index (χ2v) is 7.91. The number of amides is 1. The number of methoxy groups -OCH3 is 1. The van der Waals surface area contributed by atoms with Gasteiger partial charge in [0.1, 0.15) is 16.8 Å². The first kappa shape index (κ1) is 20.7. The zero-order valence-electron chi connectivity index (χ0n) is 17.2. The van der Waals surface area contributed by atoms with Gasteiger partial charge in [0.05, 0.1) is 12.9 Å². The van der Waals surface area contributed by atoms with Crippen LogP contribution in [0.15, 0.2) is 70.7 Å². The van der Waals surface area contributed by atoms with Crippen molar-refractivity contribution in [3.05, 3.63) is 76.7 Å². The third kappa shape index (κ3) is 4.49. The molecule has 0 spiro atoms. The van der Waals surface area contributed by atoms with E-state index in [-0.39, 0.29) is 17.2 Å². The molecule has 2 aromatic heterocycles. The zero-order valence-corrected chi connectivity index (χ0v) is 18.0. The van der Waals surface area contributed by atoms with E-state index >= 15 is 0 Å². The topological polar surface area (TPSA) is 89.0 Å². The lowest BCUT2D eigenvalue weighted by Crippen LogP contribution is -2.26. The minimum absolute atomic E-state index is 0.139. The van der Waals surface area contributed by atoms with Crippen molar-refractivity contribution in [3.63, 3.8) is 0 Å². The molecule has 0 atom stereocenters. The molecular weight excluding hydrogens is 412 g/mol. The van der Waals surface area contributed by atoms with Crippen LogP contribution >= 0.6 is 11.8 Å². The van der Waals surface area contributed by atoms with Crippen LogP contribution in [-0.2, 0) is 18.4 Å². The fourth-order valence-corrected chi connectivity index (χ4v) is 4.05. The molecule has 2 N–H and O–H groups in total. The van der Waals surface area contributed by atoms with E-state index in [2.05, 4.69) is 15.3 Å². The van der Waals surface area contributed by atoms with Crippen LogP contribution in [0.3, 0.4) is 0 Å². The summed E-state index contributed by atoms with van der Waals surface area (Å²) in [7, 11) is 3.27. The predicted octanol–water partition coefficient (Wildman–Crippen LogP) is 3.35. The molecule has 0 saturated heterocycles. The van der Waals surface area contributed by atoms with Gasteiger partial charge < -0.3 is 15.0 Å². The molecule has 0 aliphatic heterocycles. The van der Waals surface area contributed by atoms with Crippen LogP contribution in [0.5, 0.6) is 5.75 Å². The van der Waals surface area contributed by atoms with E-state index in [1.165, 1.54) is 16.3 Å². The summed E-state index contributed by atoms with van der Waals surface area (Å²) >= 11 is 1.24. The van der Waals surface area contributed by atoms with E-state index in [0.717, 1.165) is 22.4 Å². The van der Waals surface area contributed by atoms with E-state index in [9.17, 15) is 9.59 Å². The van der Waals surface area contributed by atoms with Gasteiger partial charge in [-0.15, -0.1) is 0 Å². The van der Waals surface area contributed by atoms with Crippen molar-refractivity contribution in [1.82, 2.24) is 19.9 Å². The Hall–Kier alpha value is -3.52. The Morgan fingerprint density at radius 1 is 1.19 bits per heavy atom. The number of ether oxygens (including phenoxy) is 1. The Kier molecular flexibility index (Phi) is 6.08. The Labute approximate surface area is 183 Å². The smallest absolute Gasteiger partial charge is 0.278 e. The van der Waals surface area contributed by atoms with E-state index in [4.69, 9.17) is 4.74 Å². The third-order valence-electron chi connectivity index (χ3n) is 4.91. The van der Waals surface area contributed by atoms with Gasteiger partial charge in [-0.1, -0.05) is 54.2 Å². The SMILES string of the molecule is COc1cccc(CNC(=O)CSc2nc3c(-c4ccccc4)c[nH]c3c(=O)n2C)c1. The van der Waals surface area contributed by atoms with Crippen LogP contribution in [0.2, 0.25) is 0 Å². The van der Waals surface area contributed by atoms with Crippen LogP contribution in [0.1, 0.15) is 5.56 Å². The number of benzene rings is 2. The van der Waals surface area contributed by atoms with Crippen molar-refractivity contribution in [2.24, 2.45) is 7.05 Å². The van der Waals surface area contributed by atoms with E-state index in [1.807, 2.05) is 54.6 Å². The van der Waals surface area contributed by atoms with Crippen LogP contribution in [0, 0.1) is 0 Å². The molecule has 7 nitrogen and oxygen atoms in total. The van der Waals surface area contributed by atoms with E-state index in [0.29, 0.717) is 22.7 Å². The number of carbonyl (C=O) groups is 1. The van der Waals surface area contributed by atoms with Gasteiger partial charge in [-0.2, -0.15) is 0 Å². The molecular formula is C23H22N4O3S. The largest absolute Gasteiger partial charge is 0.497 e. The normalized spacial score (nSPS) is 10.9. The number of aromatic amines is 1. The highest BCUT2D eigenvalue weighted by Gasteiger charge is 2.15. The minimum Gasteiger partial charge on any atom is -0.497 e. The standard InChI is InChI=1S/C23H22N4O3S/c1-27-22(29)21-20(18(13-25-21)16-8-4-3-5-9-16)26-23(27)31-14-19(28)24-12-15-7-6-10-17(11-15)30-2/h3-11,13,25H,12,14H2,1-2H3,(H,24,28). The maximum Gasteiger partial charge on any atom is 0.278 e. The van der Waals surface area contributed by atoms with Gasteiger partial charge in [0, 0.05) is 25.4 Å². The van der Waals surface area contributed by atoms with Crippen molar-refractivity contribution in [1.29, 1.82) is 0 Å². The van der Waals surface area contributed by atoms with Crippen molar-refractivity contribution >= 4 is 28.7 Å². The summed E-state index contributed by atoms with van der Waals surface area (Å²) in [6, 6.07) is 17.3. The van der Waals surface area contributed by atoms with Crippen molar-refractivity contribution in [2.45, 2.75) is 11.7 Å². The average Bonchev–Trinajstić information content (AvgIpc) is 3.23. The summed E-state index contributed by atoms with van der Waals surface area (Å²) in [4.78, 5) is 32.9. The molecule has 0 aliphatic carbocycles. The lowest BCUT2D eigenvalue weighted by Gasteiger charge is -2.09. The zero-order chi connectivity index (χ0) is 21.8. The van der Waals surface area contributed by atoms with Gasteiger partial charge >= 0.3 is 0 Å². The Bertz CT molecular complexity index is 1280. The highest BCUT2D eigenvalue weighted by Crippen LogP contribution is 2.27. The van der Waals surface area contributed by atoms with Crippen LogP contribution < -0.4 is 15.6 Å². The minimum atomic E-state index is -0.175. The number of carbonyl (C=O) groups excluding carboxylic acids is 1. The lowest BCUT2D eigenvalue weighted by molar-refractivity contribution is -0.118. The average molecular weight is 435 g/mol. The Morgan fingerprint density at radius 2 is 2.00 bits per heavy atom. The molecule has 0 saturated carbocycles. The summed E-state index contributed by atoms with van der Waals surface area (Å²) in [6.07, 6.45) is 1.80. The number of rotatable bonds is 7. The molecule has 2 aromatic carbocycles. The molecule has 1 amide bonds. The molecule has 0 fully saturated rings. The summed E-state index contributed by atoms with van der Waals surface area (Å²) in [5.74, 6) is 0.759.